The van der Waals surface area contributed by atoms with Gasteiger partial charge in [-0.3, -0.25) is 19.3 Å². The van der Waals surface area contributed by atoms with Crippen LogP contribution in [0.4, 0.5) is 0 Å². The van der Waals surface area contributed by atoms with E-state index >= 15 is 0 Å². The monoisotopic (exact) mass is 695 g/mol. The third kappa shape index (κ3) is 13.5. The van der Waals surface area contributed by atoms with Crippen molar-refractivity contribution in [2.24, 2.45) is 0 Å². The lowest BCUT2D eigenvalue weighted by atomic mass is 9.97. The second-order valence-corrected chi connectivity index (χ2v) is 14.5. The van der Waals surface area contributed by atoms with Gasteiger partial charge in [0.15, 0.2) is 6.29 Å². The van der Waals surface area contributed by atoms with Crippen molar-refractivity contribution >= 4 is 33.3 Å². The molecule has 0 saturated carbocycles. The molecule has 2 aliphatic rings. The molecule has 3 rings (SSSR count). The summed E-state index contributed by atoms with van der Waals surface area (Å²) < 4.78 is 29.1. The molecule has 260 valence electrons. The highest BCUT2D eigenvalue weighted by atomic mass is 31.8. The number of aliphatic hydroxyl groups is 3. The molecule has 0 spiro atoms. The lowest BCUT2D eigenvalue weighted by Crippen LogP contribution is -2.58. The van der Waals surface area contributed by atoms with E-state index in [4.69, 9.17) is 23.7 Å². The van der Waals surface area contributed by atoms with Crippen LogP contribution >= 0.6 is 15.5 Å². The fourth-order valence-electron chi connectivity index (χ4n) is 4.36. The van der Waals surface area contributed by atoms with E-state index in [2.05, 4.69) is 24.2 Å². The van der Waals surface area contributed by atoms with Crippen LogP contribution in [0.15, 0.2) is 18.3 Å². The smallest absolute Gasteiger partial charge is 0.253 e. The Morgan fingerprint density at radius 2 is 1.59 bits per heavy atom. The highest BCUT2D eigenvalue weighted by Crippen LogP contribution is 2.43. The summed E-state index contributed by atoms with van der Waals surface area (Å²) in [5.41, 5.74) is 0.618. The number of hydrogen-bond acceptors (Lipinski definition) is 13. The van der Waals surface area contributed by atoms with Crippen LogP contribution in [0.25, 0.3) is 0 Å². The highest BCUT2D eigenvalue weighted by Gasteiger charge is 2.44. The third-order valence-electron chi connectivity index (χ3n) is 6.86. The Morgan fingerprint density at radius 3 is 2.26 bits per heavy atom. The number of amides is 3. The summed E-state index contributed by atoms with van der Waals surface area (Å²) in [6, 6.07) is 0. The predicted octanol–water partition coefficient (Wildman–Crippen LogP) is -2.59. The number of rotatable bonds is 22. The summed E-state index contributed by atoms with van der Waals surface area (Å²) in [6.45, 7) is 2.95. The number of imide groups is 1. The largest absolute Gasteiger partial charge is 0.388 e. The molecule has 0 aromatic carbocycles. The fraction of sp³-hybridized carbons (Fsp3) is 0.731. The normalized spacial score (nSPS) is 23.4. The zero-order valence-corrected chi connectivity index (χ0v) is 27.2. The van der Waals surface area contributed by atoms with Crippen molar-refractivity contribution in [3.63, 3.8) is 0 Å². The number of carbonyl (C=O) groups is 3. The van der Waals surface area contributed by atoms with Crippen LogP contribution in [0, 0.1) is 0 Å². The van der Waals surface area contributed by atoms with Crippen molar-refractivity contribution in [1.29, 1.82) is 0 Å². The van der Waals surface area contributed by atoms with E-state index in [0.29, 0.717) is 64.8 Å². The van der Waals surface area contributed by atoms with Crippen molar-refractivity contribution in [2.45, 2.75) is 56.5 Å². The maximum Gasteiger partial charge on any atom is 0.253 e. The topological polar surface area (TPSA) is 244 Å². The number of aliphatic hydroxyl groups excluding tert-OH is 3. The fourth-order valence-corrected chi connectivity index (χ4v) is 5.36. The summed E-state index contributed by atoms with van der Waals surface area (Å²) in [6.07, 6.45) is -2.20. The first-order chi connectivity index (χ1) is 21.9. The maximum absolute atomic E-state index is 11.8. The zero-order valence-electron chi connectivity index (χ0n) is 25.3. The van der Waals surface area contributed by atoms with Gasteiger partial charge in [0.2, 0.25) is 5.91 Å². The molecular weight excluding hydrogens is 652 g/mol. The van der Waals surface area contributed by atoms with Gasteiger partial charge in [-0.25, -0.2) is 4.68 Å². The first kappa shape index (κ1) is 38.3. The van der Waals surface area contributed by atoms with Crippen LogP contribution in [-0.4, -0.2) is 159 Å². The summed E-state index contributed by atoms with van der Waals surface area (Å²) >= 11 is 0. The molecule has 5 atom stereocenters. The predicted molar refractivity (Wildman–Crippen MR) is 161 cm³/mol. The molecule has 1 aromatic heterocycles. The Hall–Kier alpha value is -2.18. The molecular formula is C26H43N5O13P2. The Balaban J connectivity index is 1.15. The van der Waals surface area contributed by atoms with E-state index in [1.807, 2.05) is 0 Å². The molecule has 1 fully saturated rings. The van der Waals surface area contributed by atoms with Gasteiger partial charge in [0.05, 0.1) is 64.6 Å². The highest BCUT2D eigenvalue weighted by molar-refractivity contribution is 7.91. The number of nitrogens with zero attached hydrogens (tertiary/aromatic N) is 4. The molecule has 18 nitrogen and oxygen atoms in total. The van der Waals surface area contributed by atoms with E-state index in [9.17, 15) is 39.5 Å². The first-order valence-electron chi connectivity index (χ1n) is 14.8. The average molecular weight is 696 g/mol. The van der Waals surface area contributed by atoms with Crippen LogP contribution in [-0.2, 0) is 51.0 Å². The van der Waals surface area contributed by atoms with Crippen LogP contribution in [0.1, 0.15) is 18.5 Å². The molecule has 0 bridgehead atoms. The van der Waals surface area contributed by atoms with Gasteiger partial charge in [0.25, 0.3) is 11.8 Å². The van der Waals surface area contributed by atoms with Gasteiger partial charge in [-0.1, -0.05) is 13.7 Å². The van der Waals surface area contributed by atoms with Gasteiger partial charge in [0.1, 0.15) is 25.3 Å². The molecule has 1 aromatic rings. The minimum atomic E-state index is -3.28. The van der Waals surface area contributed by atoms with Crippen molar-refractivity contribution in [3.05, 3.63) is 24.0 Å². The van der Waals surface area contributed by atoms with Gasteiger partial charge in [-0.2, -0.15) is 0 Å². The summed E-state index contributed by atoms with van der Waals surface area (Å²) in [7, 11) is -0.450. The van der Waals surface area contributed by atoms with E-state index < -0.39 is 49.5 Å². The molecule has 6 N–H and O–H groups in total. The molecule has 0 aliphatic carbocycles. The molecule has 0 radical (unpaired) electrons. The Morgan fingerprint density at radius 1 is 0.935 bits per heavy atom. The van der Waals surface area contributed by atoms with Gasteiger partial charge in [0, 0.05) is 50.4 Å². The standard InChI is InChI=1S/C26H43N5O13P2/c32-20(3-7-31-21(33)1-2-22(31)34)27-6-10-40-12-14-42-15-13-41-11-8-30-17-18(28-29-30)4-9-43-26-25(37)24(36)23(35)19(44-26)5-16-46(38,39)45/h1-2,17,19,23-26,35-39,45H,3-16H2,(H,27,32)/t19-,23-,24+,25+,26+/m1/s1. The molecule has 20 heteroatoms. The van der Waals surface area contributed by atoms with Crippen molar-refractivity contribution in [1.82, 2.24) is 25.2 Å². The van der Waals surface area contributed by atoms with E-state index in [0.717, 1.165) is 4.90 Å². The van der Waals surface area contributed by atoms with E-state index in [-0.39, 0.29) is 38.1 Å². The number of nitrogens with one attached hydrogen (secondary N) is 1. The Kier molecular flexibility index (Phi) is 16.3. The number of ether oxygens (including phenoxy) is 5. The van der Waals surface area contributed by atoms with Crippen LogP contribution in [0.2, 0.25) is 0 Å². The van der Waals surface area contributed by atoms with Crippen LogP contribution in [0.3, 0.4) is 0 Å². The second kappa shape index (κ2) is 19.6. The first-order valence-corrected chi connectivity index (χ1v) is 18.0. The SMILES string of the molecule is O=C(CCN1C(=O)C=CC1=O)NCCOCCOCCOCCn1cc(CCO[C@H]2O[C@H](CCP(O)(O)=P)[C@@H](O)[C@H](O)[C@@H]2O)nn1. The molecule has 1 saturated heterocycles. The maximum atomic E-state index is 11.8. The zero-order chi connectivity index (χ0) is 33.5. The summed E-state index contributed by atoms with van der Waals surface area (Å²) in [4.78, 5) is 54.8. The average Bonchev–Trinajstić information content (AvgIpc) is 3.60. The second-order valence-electron chi connectivity index (χ2n) is 10.4. The van der Waals surface area contributed by atoms with Gasteiger partial charge >= 0.3 is 0 Å². The molecule has 0 unspecified atom stereocenters. The van der Waals surface area contributed by atoms with Gasteiger partial charge < -0.3 is 54.1 Å². The Bertz CT molecular complexity index is 1180. The quantitative estimate of drug-likeness (QED) is 0.0414. The van der Waals surface area contributed by atoms with Crippen LogP contribution in [0.5, 0.6) is 0 Å². The minimum absolute atomic E-state index is 0.0257. The van der Waals surface area contributed by atoms with Crippen molar-refractivity contribution in [3.8, 4) is 0 Å². The van der Waals surface area contributed by atoms with Crippen molar-refractivity contribution in [2.75, 3.05) is 65.5 Å². The summed E-state index contributed by atoms with van der Waals surface area (Å²) in [5.74, 6) is -1.11. The number of carbonyl (C=O) groups excluding carboxylic acids is 3. The van der Waals surface area contributed by atoms with Gasteiger partial charge in [-0.15, -0.1) is 5.10 Å². The van der Waals surface area contributed by atoms with E-state index in [1.165, 1.54) is 12.2 Å². The molecule has 46 heavy (non-hydrogen) atoms. The third-order valence-corrected chi connectivity index (χ3v) is 8.41. The number of hydrogen-bond donors (Lipinski definition) is 6. The Labute approximate surface area is 267 Å². The molecule has 3 amide bonds. The molecule has 2 aliphatic heterocycles. The minimum Gasteiger partial charge on any atom is -0.388 e. The lowest BCUT2D eigenvalue weighted by Gasteiger charge is -2.40. The van der Waals surface area contributed by atoms with E-state index in [1.54, 1.807) is 10.9 Å². The van der Waals surface area contributed by atoms with Crippen molar-refractivity contribution < 1.29 is 63.2 Å². The van der Waals surface area contributed by atoms with Crippen LogP contribution < -0.4 is 5.32 Å². The van der Waals surface area contributed by atoms with Gasteiger partial charge in [-0.05, 0) is 6.42 Å². The summed E-state index contributed by atoms with van der Waals surface area (Å²) in [5, 5.41) is 41.2. The molecule has 3 heterocycles. The number of aromatic nitrogens is 3. The lowest BCUT2D eigenvalue weighted by molar-refractivity contribution is -0.296.